The van der Waals surface area contributed by atoms with E-state index in [0.29, 0.717) is 26.8 Å². The molecular formula is C36H36BrClF3N3O4S. The normalized spacial score (nSPS) is 13.0. The molecule has 2 amide bonds. The molecule has 7 nitrogen and oxygen atoms in total. The van der Waals surface area contributed by atoms with Crippen LogP contribution in [0.25, 0.3) is 0 Å². The molecule has 49 heavy (non-hydrogen) atoms. The van der Waals surface area contributed by atoms with E-state index in [2.05, 4.69) is 21.2 Å². The number of nitrogens with one attached hydrogen (secondary N) is 1. The fraction of sp³-hybridized carbons (Fsp3) is 0.278. The molecule has 13 heteroatoms. The number of sulfonamides is 1. The lowest BCUT2D eigenvalue weighted by molar-refractivity contribution is -0.140. The van der Waals surface area contributed by atoms with E-state index in [9.17, 15) is 31.2 Å². The van der Waals surface area contributed by atoms with Crippen molar-refractivity contribution >= 4 is 55.1 Å². The average molecular weight is 779 g/mol. The monoisotopic (exact) mass is 777 g/mol. The third-order valence-electron chi connectivity index (χ3n) is 7.95. The second kappa shape index (κ2) is 16.2. The minimum atomic E-state index is -4.90. The summed E-state index contributed by atoms with van der Waals surface area (Å²) in [4.78, 5) is 29.6. The van der Waals surface area contributed by atoms with Crippen molar-refractivity contribution in [2.24, 2.45) is 0 Å². The van der Waals surface area contributed by atoms with E-state index in [1.54, 1.807) is 55.5 Å². The summed E-state index contributed by atoms with van der Waals surface area (Å²) in [5.41, 5.74) is 0.455. The number of benzene rings is 4. The lowest BCUT2D eigenvalue weighted by atomic mass is 10.0. The van der Waals surface area contributed by atoms with Gasteiger partial charge in [0.15, 0.2) is 0 Å². The Morgan fingerprint density at radius 1 is 0.918 bits per heavy atom. The average Bonchev–Trinajstić information content (AvgIpc) is 3.05. The Balaban J connectivity index is 1.87. The fourth-order valence-corrected chi connectivity index (χ4v) is 7.16. The van der Waals surface area contributed by atoms with Crippen LogP contribution in [-0.2, 0) is 38.8 Å². The topological polar surface area (TPSA) is 86.8 Å². The number of aryl methyl sites for hydroxylation is 1. The van der Waals surface area contributed by atoms with E-state index in [-0.39, 0.29) is 23.9 Å². The van der Waals surface area contributed by atoms with Crippen LogP contribution >= 0.6 is 27.5 Å². The molecule has 260 valence electrons. The van der Waals surface area contributed by atoms with Gasteiger partial charge in [0.05, 0.1) is 21.2 Å². The number of halogens is 5. The van der Waals surface area contributed by atoms with Gasteiger partial charge in [-0.3, -0.25) is 13.9 Å². The number of nitrogens with zero attached hydrogens (tertiary/aromatic N) is 2. The van der Waals surface area contributed by atoms with E-state index < -0.39 is 56.9 Å². The number of hydrogen-bond donors (Lipinski definition) is 1. The van der Waals surface area contributed by atoms with E-state index >= 15 is 0 Å². The van der Waals surface area contributed by atoms with E-state index in [1.165, 1.54) is 17.0 Å². The minimum absolute atomic E-state index is 0.0900. The number of rotatable bonds is 13. The molecular weight excluding hydrogens is 743 g/mol. The summed E-state index contributed by atoms with van der Waals surface area (Å²) in [6.45, 7) is 4.47. The number of carbonyl (C=O) groups is 2. The highest BCUT2D eigenvalue weighted by Crippen LogP contribution is 2.38. The molecule has 0 heterocycles. The summed E-state index contributed by atoms with van der Waals surface area (Å²) in [6, 6.07) is 23.2. The van der Waals surface area contributed by atoms with Crippen LogP contribution in [0.5, 0.6) is 0 Å². The Morgan fingerprint density at radius 2 is 1.57 bits per heavy atom. The molecule has 4 rings (SSSR count). The first-order valence-corrected chi connectivity index (χ1v) is 18.1. The molecule has 4 aromatic carbocycles. The van der Waals surface area contributed by atoms with Gasteiger partial charge in [-0.15, -0.1) is 0 Å². The van der Waals surface area contributed by atoms with Gasteiger partial charge in [-0.25, -0.2) is 8.42 Å². The summed E-state index contributed by atoms with van der Waals surface area (Å²) in [6.07, 6.45) is -4.20. The molecule has 0 aliphatic rings. The zero-order valence-corrected chi connectivity index (χ0v) is 30.2. The van der Waals surface area contributed by atoms with Crippen molar-refractivity contribution in [2.45, 2.75) is 63.3 Å². The number of amides is 2. The number of anilines is 1. The number of hydrogen-bond acceptors (Lipinski definition) is 4. The largest absolute Gasteiger partial charge is 0.417 e. The van der Waals surface area contributed by atoms with Crippen molar-refractivity contribution in [3.63, 3.8) is 0 Å². The zero-order valence-electron chi connectivity index (χ0n) is 27.0. The van der Waals surface area contributed by atoms with Gasteiger partial charge >= 0.3 is 6.18 Å². The van der Waals surface area contributed by atoms with Crippen LogP contribution in [-0.4, -0.2) is 43.8 Å². The SMILES string of the molecule is CC[C@H](C)NC(=O)[C@@H](Cc1ccccc1)N(Cc1cccc(Br)c1)C(=O)CN(c1ccc(Cl)c(C(F)(F)F)c1)S(=O)(=O)c1ccc(C)cc1. The predicted octanol–water partition coefficient (Wildman–Crippen LogP) is 8.18. The molecule has 0 aliphatic carbocycles. The molecule has 2 atom stereocenters. The van der Waals surface area contributed by atoms with Gasteiger partial charge in [0.1, 0.15) is 12.6 Å². The smallest absolute Gasteiger partial charge is 0.352 e. The highest BCUT2D eigenvalue weighted by Gasteiger charge is 2.38. The van der Waals surface area contributed by atoms with Crippen LogP contribution in [0, 0.1) is 6.92 Å². The maximum atomic E-state index is 14.6. The molecule has 0 unspecified atom stereocenters. The van der Waals surface area contributed by atoms with Crippen LogP contribution in [0.15, 0.2) is 106 Å². The highest BCUT2D eigenvalue weighted by molar-refractivity contribution is 9.10. The van der Waals surface area contributed by atoms with E-state index in [1.807, 2.05) is 32.0 Å². The Labute approximate surface area is 298 Å². The summed E-state index contributed by atoms with van der Waals surface area (Å²) in [5.74, 6) is -1.26. The van der Waals surface area contributed by atoms with Gasteiger partial charge in [0.25, 0.3) is 10.0 Å². The molecule has 0 saturated heterocycles. The van der Waals surface area contributed by atoms with Crippen LogP contribution in [0.4, 0.5) is 18.9 Å². The first kappa shape index (κ1) is 37.9. The summed E-state index contributed by atoms with van der Waals surface area (Å²) < 4.78 is 71.7. The molecule has 0 spiro atoms. The first-order valence-electron chi connectivity index (χ1n) is 15.4. The van der Waals surface area contributed by atoms with Crippen molar-refractivity contribution in [2.75, 3.05) is 10.8 Å². The van der Waals surface area contributed by atoms with Crippen LogP contribution in [0.3, 0.4) is 0 Å². The summed E-state index contributed by atoms with van der Waals surface area (Å²) in [5, 5.41) is 2.32. The highest BCUT2D eigenvalue weighted by atomic mass is 79.9. The number of alkyl halides is 3. The molecule has 0 radical (unpaired) electrons. The maximum Gasteiger partial charge on any atom is 0.417 e. The standard InChI is InChI=1S/C36H36BrClF3N3O4S/c1-4-25(3)42-35(46)33(20-26-9-6-5-7-10-26)43(22-27-11-8-12-28(37)19-27)34(45)23-44(49(47,48)30-16-13-24(2)14-17-30)29-15-18-32(38)31(21-29)36(39,40)41/h5-19,21,25,33H,4,20,22-23H2,1-3H3,(H,42,46)/t25-,33+/m0/s1. The quantitative estimate of drug-likeness (QED) is 0.148. The fourth-order valence-electron chi connectivity index (χ4n) is 5.08. The van der Waals surface area contributed by atoms with Gasteiger partial charge in [-0.2, -0.15) is 13.2 Å². The lowest BCUT2D eigenvalue weighted by Gasteiger charge is -2.34. The van der Waals surface area contributed by atoms with Gasteiger partial charge in [0.2, 0.25) is 11.8 Å². The van der Waals surface area contributed by atoms with Crippen LogP contribution < -0.4 is 9.62 Å². The molecule has 1 N–H and O–H groups in total. The minimum Gasteiger partial charge on any atom is -0.352 e. The van der Waals surface area contributed by atoms with Gasteiger partial charge in [-0.1, -0.05) is 94.6 Å². The third kappa shape index (κ3) is 9.86. The lowest BCUT2D eigenvalue weighted by Crippen LogP contribution is -2.54. The molecule has 0 saturated carbocycles. The van der Waals surface area contributed by atoms with Crippen molar-refractivity contribution < 1.29 is 31.2 Å². The second-order valence-corrected chi connectivity index (χ2v) is 14.8. The van der Waals surface area contributed by atoms with E-state index in [4.69, 9.17) is 11.6 Å². The summed E-state index contributed by atoms with van der Waals surface area (Å²) in [7, 11) is -4.61. The Kier molecular flexibility index (Phi) is 12.6. The Hall–Kier alpha value is -3.87. The second-order valence-electron chi connectivity index (χ2n) is 11.7. The predicted molar refractivity (Wildman–Crippen MR) is 189 cm³/mol. The molecule has 0 bridgehead atoms. The zero-order chi connectivity index (χ0) is 35.9. The van der Waals surface area contributed by atoms with Crippen molar-refractivity contribution in [1.82, 2.24) is 10.2 Å². The molecule has 0 aliphatic heterocycles. The first-order chi connectivity index (χ1) is 23.1. The molecule has 0 fully saturated rings. The van der Waals surface area contributed by atoms with Gasteiger partial charge in [-0.05, 0) is 73.9 Å². The Bertz CT molecular complexity index is 1880. The van der Waals surface area contributed by atoms with Crippen LogP contribution in [0.2, 0.25) is 5.02 Å². The maximum absolute atomic E-state index is 14.6. The molecule has 4 aromatic rings. The Morgan fingerprint density at radius 3 is 2.18 bits per heavy atom. The summed E-state index contributed by atoms with van der Waals surface area (Å²) >= 11 is 9.32. The van der Waals surface area contributed by atoms with Crippen molar-refractivity contribution in [1.29, 1.82) is 0 Å². The van der Waals surface area contributed by atoms with Crippen molar-refractivity contribution in [3.05, 3.63) is 129 Å². The third-order valence-corrected chi connectivity index (χ3v) is 10.6. The van der Waals surface area contributed by atoms with Gasteiger partial charge < -0.3 is 10.2 Å². The van der Waals surface area contributed by atoms with E-state index in [0.717, 1.165) is 23.3 Å². The molecule has 0 aromatic heterocycles. The van der Waals surface area contributed by atoms with Crippen molar-refractivity contribution in [3.8, 4) is 0 Å². The number of carbonyl (C=O) groups excluding carboxylic acids is 2. The van der Waals surface area contributed by atoms with Gasteiger partial charge in [0, 0.05) is 23.5 Å². The van der Waals surface area contributed by atoms with Crippen LogP contribution in [0.1, 0.15) is 42.5 Å².